The Morgan fingerprint density at radius 1 is 0.839 bits per heavy atom. The van der Waals surface area contributed by atoms with E-state index in [9.17, 15) is 13.2 Å². The number of nitrogens with one attached hydrogen (secondary N) is 1. The second-order valence-electron chi connectivity index (χ2n) is 7.53. The van der Waals surface area contributed by atoms with E-state index in [2.05, 4.69) is 5.32 Å². The van der Waals surface area contributed by atoms with Gasteiger partial charge in [-0.3, -0.25) is 4.79 Å². The molecule has 0 unspecified atom stereocenters. The summed E-state index contributed by atoms with van der Waals surface area (Å²) in [6.07, 6.45) is 2.88. The van der Waals surface area contributed by atoms with Gasteiger partial charge in [-0.05, 0) is 66.4 Å². The Balaban J connectivity index is 1.53. The number of sulfonamides is 1. The molecule has 0 bridgehead atoms. The van der Waals surface area contributed by atoms with Gasteiger partial charge in [-0.25, -0.2) is 8.42 Å². The van der Waals surface area contributed by atoms with Crippen molar-refractivity contribution in [3.63, 3.8) is 0 Å². The van der Waals surface area contributed by atoms with Gasteiger partial charge in [0.1, 0.15) is 0 Å². The van der Waals surface area contributed by atoms with Crippen molar-refractivity contribution >= 4 is 33.2 Å². The van der Waals surface area contributed by atoms with Crippen LogP contribution in [0.4, 0.5) is 5.69 Å². The van der Waals surface area contributed by atoms with Gasteiger partial charge in [-0.15, -0.1) is 0 Å². The molecule has 1 aliphatic rings. The highest BCUT2D eigenvalue weighted by atomic mass is 35.5. The fourth-order valence-electron chi connectivity index (χ4n) is 3.68. The number of nitrogens with zero attached hydrogens (tertiary/aromatic N) is 1. The van der Waals surface area contributed by atoms with E-state index in [1.165, 1.54) is 0 Å². The van der Waals surface area contributed by atoms with E-state index < -0.39 is 10.0 Å². The average Bonchev–Trinajstić information content (AvgIpc) is 2.80. The van der Waals surface area contributed by atoms with Crippen molar-refractivity contribution in [2.45, 2.75) is 24.2 Å². The molecule has 0 spiro atoms. The predicted octanol–water partition coefficient (Wildman–Crippen LogP) is 5.43. The Morgan fingerprint density at radius 2 is 1.55 bits per heavy atom. The van der Waals surface area contributed by atoms with Crippen LogP contribution in [0.3, 0.4) is 0 Å². The molecule has 1 fully saturated rings. The van der Waals surface area contributed by atoms with E-state index in [0.717, 1.165) is 30.4 Å². The van der Waals surface area contributed by atoms with Crippen molar-refractivity contribution in [1.82, 2.24) is 4.31 Å². The molecule has 0 radical (unpaired) electrons. The van der Waals surface area contributed by atoms with E-state index in [1.54, 1.807) is 71.0 Å². The number of amides is 1. The van der Waals surface area contributed by atoms with Crippen molar-refractivity contribution in [2.24, 2.45) is 0 Å². The molecule has 4 rings (SSSR count). The van der Waals surface area contributed by atoms with Gasteiger partial charge in [-0.2, -0.15) is 4.31 Å². The topological polar surface area (TPSA) is 66.5 Å². The molecule has 0 atom stereocenters. The number of piperidine rings is 1. The Labute approximate surface area is 187 Å². The first-order valence-electron chi connectivity index (χ1n) is 10.2. The van der Waals surface area contributed by atoms with Crippen molar-refractivity contribution in [2.75, 3.05) is 18.4 Å². The number of halogens is 1. The van der Waals surface area contributed by atoms with E-state index in [1.807, 2.05) is 6.07 Å². The van der Waals surface area contributed by atoms with Crippen LogP contribution in [0.25, 0.3) is 11.1 Å². The van der Waals surface area contributed by atoms with Crippen LogP contribution in [0.1, 0.15) is 29.6 Å². The fourth-order valence-corrected chi connectivity index (χ4v) is 5.39. The first-order chi connectivity index (χ1) is 14.9. The van der Waals surface area contributed by atoms with E-state index in [-0.39, 0.29) is 5.91 Å². The molecule has 0 aliphatic carbocycles. The van der Waals surface area contributed by atoms with Crippen LogP contribution >= 0.6 is 11.6 Å². The minimum Gasteiger partial charge on any atom is -0.322 e. The number of rotatable bonds is 5. The van der Waals surface area contributed by atoms with Crippen LogP contribution in [0.2, 0.25) is 5.02 Å². The van der Waals surface area contributed by atoms with Gasteiger partial charge in [0, 0.05) is 29.4 Å². The molecular formula is C24H23ClN2O3S. The third-order valence-corrected chi connectivity index (χ3v) is 7.50. The maximum atomic E-state index is 12.8. The summed E-state index contributed by atoms with van der Waals surface area (Å²) in [7, 11) is -3.46. The van der Waals surface area contributed by atoms with Gasteiger partial charge in [0.05, 0.1) is 4.90 Å². The highest BCUT2D eigenvalue weighted by Gasteiger charge is 2.25. The zero-order valence-electron chi connectivity index (χ0n) is 16.9. The normalized spacial score (nSPS) is 14.9. The smallest absolute Gasteiger partial charge is 0.255 e. The van der Waals surface area contributed by atoms with Gasteiger partial charge in [0.25, 0.3) is 5.91 Å². The number of carbonyl (C=O) groups is 1. The second-order valence-corrected chi connectivity index (χ2v) is 9.91. The summed E-state index contributed by atoms with van der Waals surface area (Å²) in [5.74, 6) is -0.242. The molecule has 1 saturated heterocycles. The van der Waals surface area contributed by atoms with Crippen molar-refractivity contribution in [3.05, 3.63) is 83.4 Å². The van der Waals surface area contributed by atoms with E-state index in [0.29, 0.717) is 34.3 Å². The molecule has 1 aliphatic heterocycles. The molecule has 5 nitrogen and oxygen atoms in total. The molecular weight excluding hydrogens is 432 g/mol. The summed E-state index contributed by atoms with van der Waals surface area (Å²) in [5, 5.41) is 3.38. The molecule has 160 valence electrons. The first-order valence-corrected chi connectivity index (χ1v) is 12.0. The second kappa shape index (κ2) is 9.22. The SMILES string of the molecule is O=C(Nc1cccc(Cl)c1)c1cccc(-c2ccc(S(=O)(=O)N3CCCCC3)cc2)c1. The molecule has 3 aromatic carbocycles. The monoisotopic (exact) mass is 454 g/mol. The van der Waals surface area contributed by atoms with Crippen LogP contribution < -0.4 is 5.32 Å². The number of carbonyl (C=O) groups excluding carboxylic acids is 1. The number of hydrogen-bond acceptors (Lipinski definition) is 3. The number of anilines is 1. The Morgan fingerprint density at radius 3 is 2.26 bits per heavy atom. The number of hydrogen-bond donors (Lipinski definition) is 1. The minimum absolute atomic E-state index is 0.242. The van der Waals surface area contributed by atoms with Crippen LogP contribution in [0, 0.1) is 0 Å². The summed E-state index contributed by atoms with van der Waals surface area (Å²) in [4.78, 5) is 12.9. The minimum atomic E-state index is -3.46. The zero-order chi connectivity index (χ0) is 21.8. The maximum absolute atomic E-state index is 12.8. The van der Waals surface area contributed by atoms with Crippen LogP contribution in [-0.2, 0) is 10.0 Å². The summed E-state index contributed by atoms with van der Waals surface area (Å²) in [6, 6.07) is 21.0. The highest BCUT2D eigenvalue weighted by molar-refractivity contribution is 7.89. The highest BCUT2D eigenvalue weighted by Crippen LogP contribution is 2.26. The van der Waals surface area contributed by atoms with Crippen LogP contribution in [0.15, 0.2) is 77.7 Å². The van der Waals surface area contributed by atoms with E-state index >= 15 is 0 Å². The Kier molecular flexibility index (Phi) is 6.41. The van der Waals surface area contributed by atoms with Crippen molar-refractivity contribution in [3.8, 4) is 11.1 Å². The zero-order valence-corrected chi connectivity index (χ0v) is 18.5. The molecule has 0 saturated carbocycles. The van der Waals surface area contributed by atoms with Crippen LogP contribution in [0.5, 0.6) is 0 Å². The van der Waals surface area contributed by atoms with Gasteiger partial charge < -0.3 is 5.32 Å². The molecule has 31 heavy (non-hydrogen) atoms. The Bertz CT molecular complexity index is 1190. The average molecular weight is 455 g/mol. The molecule has 0 aromatic heterocycles. The lowest BCUT2D eigenvalue weighted by atomic mass is 10.0. The van der Waals surface area contributed by atoms with Gasteiger partial charge in [0.15, 0.2) is 0 Å². The van der Waals surface area contributed by atoms with Crippen molar-refractivity contribution < 1.29 is 13.2 Å². The predicted molar refractivity (Wildman–Crippen MR) is 124 cm³/mol. The molecule has 3 aromatic rings. The first kappa shape index (κ1) is 21.6. The quantitative estimate of drug-likeness (QED) is 0.558. The maximum Gasteiger partial charge on any atom is 0.255 e. The van der Waals surface area contributed by atoms with Crippen molar-refractivity contribution in [1.29, 1.82) is 0 Å². The fraction of sp³-hybridized carbons (Fsp3) is 0.208. The van der Waals surface area contributed by atoms with Gasteiger partial charge >= 0.3 is 0 Å². The lowest BCUT2D eigenvalue weighted by molar-refractivity contribution is 0.102. The largest absolute Gasteiger partial charge is 0.322 e. The molecule has 7 heteroatoms. The standard InChI is InChI=1S/C24H23ClN2O3S/c25-21-8-5-9-22(17-21)26-24(28)20-7-4-6-19(16-20)18-10-12-23(13-11-18)31(29,30)27-14-2-1-3-15-27/h4-13,16-17H,1-3,14-15H2,(H,26,28). The molecule has 1 N–H and O–H groups in total. The van der Waals surface area contributed by atoms with Gasteiger partial charge in [0.2, 0.25) is 10.0 Å². The summed E-state index contributed by atoms with van der Waals surface area (Å²) in [6.45, 7) is 1.15. The summed E-state index contributed by atoms with van der Waals surface area (Å²) >= 11 is 5.98. The van der Waals surface area contributed by atoms with Gasteiger partial charge in [-0.1, -0.05) is 48.4 Å². The molecule has 1 amide bonds. The Hall–Kier alpha value is -2.67. The lowest BCUT2D eigenvalue weighted by Crippen LogP contribution is -2.35. The third kappa shape index (κ3) is 4.98. The number of benzene rings is 3. The summed E-state index contributed by atoms with van der Waals surface area (Å²) < 4.78 is 27.2. The van der Waals surface area contributed by atoms with E-state index in [4.69, 9.17) is 11.6 Å². The third-order valence-electron chi connectivity index (χ3n) is 5.35. The van der Waals surface area contributed by atoms with Crippen LogP contribution in [-0.4, -0.2) is 31.7 Å². The summed E-state index contributed by atoms with van der Waals surface area (Å²) in [5.41, 5.74) is 2.80. The lowest BCUT2D eigenvalue weighted by Gasteiger charge is -2.25. The molecule has 1 heterocycles.